The fourth-order valence-electron chi connectivity index (χ4n) is 1.83. The maximum atomic E-state index is 5.46. The number of hydrogen-bond acceptors (Lipinski definition) is 4. The van der Waals surface area contributed by atoms with E-state index in [0.29, 0.717) is 12.5 Å². The fraction of sp³-hybridized carbons (Fsp3) is 0.538. The molecule has 4 nitrogen and oxygen atoms in total. The average Bonchev–Trinajstić information content (AvgIpc) is 2.35. The standard InChI is InChI=1S/C13H20BrNO3/c1-8(2)10-6-9(7-15-18-5)12(16-3)11(14)13(10)17-4/h6,8,15H,7H2,1-5H3. The Bertz CT molecular complexity index is 408. The smallest absolute Gasteiger partial charge is 0.141 e. The van der Waals surface area contributed by atoms with Crippen molar-refractivity contribution in [1.29, 1.82) is 0 Å². The number of hydrogen-bond donors (Lipinski definition) is 1. The molecule has 0 bridgehead atoms. The van der Waals surface area contributed by atoms with Crippen molar-refractivity contribution in [2.45, 2.75) is 26.3 Å². The molecule has 0 saturated heterocycles. The van der Waals surface area contributed by atoms with Gasteiger partial charge in [-0.05, 0) is 33.5 Å². The van der Waals surface area contributed by atoms with Gasteiger partial charge < -0.3 is 14.3 Å². The van der Waals surface area contributed by atoms with Gasteiger partial charge in [0.15, 0.2) is 0 Å². The highest BCUT2D eigenvalue weighted by molar-refractivity contribution is 9.10. The molecule has 0 saturated carbocycles. The third kappa shape index (κ3) is 3.16. The minimum Gasteiger partial charge on any atom is -0.495 e. The van der Waals surface area contributed by atoms with Crippen molar-refractivity contribution in [3.05, 3.63) is 21.7 Å². The molecule has 18 heavy (non-hydrogen) atoms. The number of ether oxygens (including phenoxy) is 2. The van der Waals surface area contributed by atoms with Gasteiger partial charge in [-0.25, -0.2) is 0 Å². The summed E-state index contributed by atoms with van der Waals surface area (Å²) in [4.78, 5) is 4.89. The van der Waals surface area contributed by atoms with Crippen LogP contribution in [-0.4, -0.2) is 21.3 Å². The van der Waals surface area contributed by atoms with Gasteiger partial charge in [-0.15, -0.1) is 0 Å². The first-order valence-corrected chi connectivity index (χ1v) is 6.55. The zero-order valence-corrected chi connectivity index (χ0v) is 13.1. The SMILES string of the molecule is CONCc1cc(C(C)C)c(OC)c(Br)c1OC. The van der Waals surface area contributed by atoms with E-state index < -0.39 is 0 Å². The molecule has 0 aliphatic heterocycles. The molecule has 0 unspecified atom stereocenters. The summed E-state index contributed by atoms with van der Waals surface area (Å²) in [5.41, 5.74) is 4.99. The number of rotatable bonds is 6. The molecule has 0 amide bonds. The van der Waals surface area contributed by atoms with Crippen molar-refractivity contribution < 1.29 is 14.3 Å². The molecule has 1 aromatic rings. The fourth-order valence-corrected chi connectivity index (χ4v) is 2.64. The Morgan fingerprint density at radius 2 is 1.78 bits per heavy atom. The number of benzene rings is 1. The Balaban J connectivity index is 3.33. The van der Waals surface area contributed by atoms with Crippen LogP contribution >= 0.6 is 15.9 Å². The van der Waals surface area contributed by atoms with Gasteiger partial charge in [0.2, 0.25) is 0 Å². The highest BCUT2D eigenvalue weighted by atomic mass is 79.9. The first kappa shape index (κ1) is 15.3. The molecule has 1 N–H and O–H groups in total. The molecule has 102 valence electrons. The molecular weight excluding hydrogens is 298 g/mol. The van der Waals surface area contributed by atoms with Crippen LogP contribution in [-0.2, 0) is 11.4 Å². The second-order valence-electron chi connectivity index (χ2n) is 4.19. The van der Waals surface area contributed by atoms with Crippen LogP contribution in [0.2, 0.25) is 0 Å². The lowest BCUT2D eigenvalue weighted by molar-refractivity contribution is 0.0860. The van der Waals surface area contributed by atoms with Gasteiger partial charge >= 0.3 is 0 Å². The molecule has 0 spiro atoms. The Morgan fingerprint density at radius 1 is 1.17 bits per heavy atom. The van der Waals surface area contributed by atoms with E-state index in [1.54, 1.807) is 21.3 Å². The molecule has 0 fully saturated rings. The largest absolute Gasteiger partial charge is 0.495 e. The number of hydroxylamine groups is 1. The minimum atomic E-state index is 0.364. The normalized spacial score (nSPS) is 10.8. The van der Waals surface area contributed by atoms with Crippen LogP contribution in [0.1, 0.15) is 30.9 Å². The summed E-state index contributed by atoms with van der Waals surface area (Å²) < 4.78 is 11.7. The van der Waals surface area contributed by atoms with Gasteiger partial charge in [0.05, 0.1) is 21.3 Å². The van der Waals surface area contributed by atoms with Crippen LogP contribution in [0.15, 0.2) is 10.5 Å². The van der Waals surface area contributed by atoms with E-state index in [-0.39, 0.29) is 0 Å². The summed E-state index contributed by atoms with van der Waals surface area (Å²) in [6, 6.07) is 2.08. The Kier molecular flexibility index (Phi) is 5.91. The van der Waals surface area contributed by atoms with Gasteiger partial charge in [-0.3, -0.25) is 0 Å². The zero-order valence-electron chi connectivity index (χ0n) is 11.5. The molecule has 0 heterocycles. The number of methoxy groups -OCH3 is 2. The van der Waals surface area contributed by atoms with E-state index in [2.05, 4.69) is 41.3 Å². The van der Waals surface area contributed by atoms with Gasteiger partial charge in [0, 0.05) is 12.1 Å². The van der Waals surface area contributed by atoms with Gasteiger partial charge in [0.25, 0.3) is 0 Å². The summed E-state index contributed by atoms with van der Waals surface area (Å²) in [6.07, 6.45) is 0. The summed E-state index contributed by atoms with van der Waals surface area (Å²) in [5, 5.41) is 0. The minimum absolute atomic E-state index is 0.364. The molecule has 0 aliphatic rings. The van der Waals surface area contributed by atoms with E-state index in [9.17, 15) is 0 Å². The van der Waals surface area contributed by atoms with Crippen LogP contribution in [0.25, 0.3) is 0 Å². The summed E-state index contributed by atoms with van der Waals surface area (Å²) in [6.45, 7) is 4.83. The molecular formula is C13H20BrNO3. The van der Waals surface area contributed by atoms with Crippen molar-refractivity contribution in [3.8, 4) is 11.5 Å². The second-order valence-corrected chi connectivity index (χ2v) is 4.98. The maximum Gasteiger partial charge on any atom is 0.141 e. The van der Waals surface area contributed by atoms with Gasteiger partial charge in [0.1, 0.15) is 16.0 Å². The van der Waals surface area contributed by atoms with Crippen LogP contribution in [0.5, 0.6) is 11.5 Å². The van der Waals surface area contributed by atoms with E-state index in [1.165, 1.54) is 0 Å². The van der Waals surface area contributed by atoms with Crippen molar-refractivity contribution in [2.24, 2.45) is 0 Å². The van der Waals surface area contributed by atoms with Crippen LogP contribution in [0, 0.1) is 0 Å². The van der Waals surface area contributed by atoms with Crippen molar-refractivity contribution in [3.63, 3.8) is 0 Å². The highest BCUT2D eigenvalue weighted by Crippen LogP contribution is 2.42. The topological polar surface area (TPSA) is 39.7 Å². The Morgan fingerprint density at radius 3 is 2.22 bits per heavy atom. The Labute approximate surface area is 117 Å². The highest BCUT2D eigenvalue weighted by Gasteiger charge is 2.19. The number of halogens is 1. The molecule has 0 aliphatic carbocycles. The first-order chi connectivity index (χ1) is 8.56. The van der Waals surface area contributed by atoms with Crippen molar-refractivity contribution in [1.82, 2.24) is 5.48 Å². The molecule has 1 rings (SSSR count). The Hall–Kier alpha value is -0.780. The van der Waals surface area contributed by atoms with Crippen molar-refractivity contribution >= 4 is 15.9 Å². The lowest BCUT2D eigenvalue weighted by atomic mass is 9.98. The lowest BCUT2D eigenvalue weighted by Gasteiger charge is -2.19. The summed E-state index contributed by atoms with van der Waals surface area (Å²) in [7, 11) is 4.90. The van der Waals surface area contributed by atoms with E-state index >= 15 is 0 Å². The second kappa shape index (κ2) is 6.97. The van der Waals surface area contributed by atoms with E-state index in [4.69, 9.17) is 14.3 Å². The third-order valence-corrected chi connectivity index (χ3v) is 3.44. The predicted molar refractivity (Wildman–Crippen MR) is 75.2 cm³/mol. The summed E-state index contributed by atoms with van der Waals surface area (Å²) in [5.74, 6) is 1.95. The van der Waals surface area contributed by atoms with Crippen LogP contribution in [0.3, 0.4) is 0 Å². The molecule has 0 atom stereocenters. The van der Waals surface area contributed by atoms with Crippen molar-refractivity contribution in [2.75, 3.05) is 21.3 Å². The molecule has 5 heteroatoms. The summed E-state index contributed by atoms with van der Waals surface area (Å²) >= 11 is 3.54. The molecule has 1 aromatic carbocycles. The average molecular weight is 318 g/mol. The predicted octanol–water partition coefficient (Wildman–Crippen LogP) is 3.24. The quantitative estimate of drug-likeness (QED) is 0.818. The molecule has 0 aromatic heterocycles. The third-order valence-electron chi connectivity index (χ3n) is 2.72. The van der Waals surface area contributed by atoms with Crippen LogP contribution < -0.4 is 15.0 Å². The monoisotopic (exact) mass is 317 g/mol. The van der Waals surface area contributed by atoms with E-state index in [0.717, 1.165) is 27.1 Å². The van der Waals surface area contributed by atoms with Crippen LogP contribution in [0.4, 0.5) is 0 Å². The maximum absolute atomic E-state index is 5.46. The lowest BCUT2D eigenvalue weighted by Crippen LogP contribution is -2.13. The van der Waals surface area contributed by atoms with E-state index in [1.807, 2.05) is 0 Å². The first-order valence-electron chi connectivity index (χ1n) is 5.75. The zero-order chi connectivity index (χ0) is 13.7. The van der Waals surface area contributed by atoms with Gasteiger partial charge in [-0.1, -0.05) is 13.8 Å². The molecule has 0 radical (unpaired) electrons. The van der Waals surface area contributed by atoms with Gasteiger partial charge in [-0.2, -0.15) is 5.48 Å². The number of nitrogens with one attached hydrogen (secondary N) is 1.